The highest BCUT2D eigenvalue weighted by atomic mass is 32.2. The first-order valence-electron chi connectivity index (χ1n) is 11.2. The van der Waals surface area contributed by atoms with Gasteiger partial charge in [0.25, 0.3) is 0 Å². The van der Waals surface area contributed by atoms with E-state index in [1.54, 1.807) is 0 Å². The van der Waals surface area contributed by atoms with Crippen LogP contribution in [0.5, 0.6) is 0 Å². The van der Waals surface area contributed by atoms with Gasteiger partial charge in [0.15, 0.2) is 0 Å². The number of fused-ring (bicyclic) bond motifs is 4. The summed E-state index contributed by atoms with van der Waals surface area (Å²) in [6, 6.07) is 21.4. The fourth-order valence-electron chi connectivity index (χ4n) is 5.48. The zero-order valence-electron chi connectivity index (χ0n) is 18.2. The molecule has 2 aliphatic rings. The van der Waals surface area contributed by atoms with E-state index in [9.17, 15) is 4.79 Å². The molecule has 1 aromatic heterocycles. The first-order chi connectivity index (χ1) is 15.0. The van der Waals surface area contributed by atoms with Gasteiger partial charge in [0.1, 0.15) is 0 Å². The number of hydrogen-bond acceptors (Lipinski definition) is 4. The number of thiophene rings is 1. The number of piperidine rings is 1. The standard InChI is InChI=1S/C27H29NOS2/c1-19-25-17-21-10-11-23(31-26(29)20-7-4-3-5-8-20)18-24(21)27(19,2)13-15-28(25)14-12-22-9-6-16-30-22/h3-11,16,18-19,25H,12-15,17H2,1-2H3/t19-,25?,27+/m0/s1. The summed E-state index contributed by atoms with van der Waals surface area (Å²) in [7, 11) is 0. The Kier molecular flexibility index (Phi) is 5.80. The van der Waals surface area contributed by atoms with Gasteiger partial charge in [-0.3, -0.25) is 9.69 Å². The van der Waals surface area contributed by atoms with Gasteiger partial charge in [0.05, 0.1) is 0 Å². The van der Waals surface area contributed by atoms with Crippen molar-refractivity contribution in [3.05, 3.63) is 87.6 Å². The number of carbonyl (C=O) groups excluding carboxylic acids is 1. The van der Waals surface area contributed by atoms with Crippen LogP contribution in [0.2, 0.25) is 0 Å². The van der Waals surface area contributed by atoms with E-state index in [1.807, 2.05) is 41.7 Å². The van der Waals surface area contributed by atoms with Crippen molar-refractivity contribution in [1.82, 2.24) is 4.90 Å². The molecule has 0 radical (unpaired) electrons. The summed E-state index contributed by atoms with van der Waals surface area (Å²) in [5.74, 6) is 0.613. The quantitative estimate of drug-likeness (QED) is 0.419. The molecule has 0 N–H and O–H groups in total. The third-order valence-electron chi connectivity index (χ3n) is 7.54. The summed E-state index contributed by atoms with van der Waals surface area (Å²) in [5, 5.41) is 2.30. The average molecular weight is 448 g/mol. The molecule has 4 heteroatoms. The summed E-state index contributed by atoms with van der Waals surface area (Å²) in [4.78, 5) is 18.0. The second-order valence-electron chi connectivity index (χ2n) is 9.17. The Morgan fingerprint density at radius 2 is 2.00 bits per heavy atom. The highest BCUT2D eigenvalue weighted by molar-refractivity contribution is 8.14. The largest absolute Gasteiger partial charge is 0.299 e. The van der Waals surface area contributed by atoms with E-state index in [0.29, 0.717) is 12.0 Å². The Balaban J connectivity index is 1.36. The van der Waals surface area contributed by atoms with E-state index in [-0.39, 0.29) is 10.5 Å². The molecule has 1 aliphatic heterocycles. The zero-order valence-corrected chi connectivity index (χ0v) is 19.8. The lowest BCUT2D eigenvalue weighted by molar-refractivity contribution is 0.0323. The van der Waals surface area contributed by atoms with Gasteiger partial charge in [-0.25, -0.2) is 0 Å². The number of carbonyl (C=O) groups is 1. The first kappa shape index (κ1) is 21.0. The Morgan fingerprint density at radius 1 is 1.16 bits per heavy atom. The third-order valence-corrected chi connectivity index (χ3v) is 9.39. The molecule has 1 unspecified atom stereocenters. The molecule has 31 heavy (non-hydrogen) atoms. The normalized spacial score (nSPS) is 25.2. The van der Waals surface area contributed by atoms with Crippen LogP contribution < -0.4 is 0 Å². The topological polar surface area (TPSA) is 20.3 Å². The van der Waals surface area contributed by atoms with Crippen molar-refractivity contribution in [2.24, 2.45) is 5.92 Å². The van der Waals surface area contributed by atoms with Crippen molar-refractivity contribution < 1.29 is 4.79 Å². The summed E-state index contributed by atoms with van der Waals surface area (Å²) < 4.78 is 0. The van der Waals surface area contributed by atoms with E-state index in [1.165, 1.54) is 34.2 Å². The van der Waals surface area contributed by atoms with Crippen molar-refractivity contribution in [3.8, 4) is 0 Å². The van der Waals surface area contributed by atoms with Gasteiger partial charge >= 0.3 is 0 Å². The Morgan fingerprint density at radius 3 is 2.77 bits per heavy atom. The molecule has 1 saturated heterocycles. The van der Waals surface area contributed by atoms with Gasteiger partial charge in [-0.15, -0.1) is 11.3 Å². The molecular weight excluding hydrogens is 418 g/mol. The number of likely N-dealkylation sites (tertiary alicyclic amines) is 1. The molecule has 2 aromatic carbocycles. The smallest absolute Gasteiger partial charge is 0.224 e. The highest BCUT2D eigenvalue weighted by Crippen LogP contribution is 2.49. The van der Waals surface area contributed by atoms with Gasteiger partial charge in [-0.1, -0.05) is 56.3 Å². The fourth-order valence-corrected chi connectivity index (χ4v) is 6.96. The number of nitrogens with zero attached hydrogens (tertiary/aromatic N) is 1. The van der Waals surface area contributed by atoms with Crippen LogP contribution in [0.4, 0.5) is 0 Å². The second-order valence-corrected chi connectivity index (χ2v) is 11.2. The lowest BCUT2D eigenvalue weighted by Crippen LogP contribution is -2.58. The molecule has 0 spiro atoms. The summed E-state index contributed by atoms with van der Waals surface area (Å²) in [5.41, 5.74) is 3.90. The van der Waals surface area contributed by atoms with Crippen LogP contribution in [-0.2, 0) is 18.3 Å². The van der Waals surface area contributed by atoms with Crippen molar-refractivity contribution in [2.75, 3.05) is 13.1 Å². The maximum absolute atomic E-state index is 12.7. The van der Waals surface area contributed by atoms with Crippen LogP contribution in [0.1, 0.15) is 46.6 Å². The lowest BCUT2D eigenvalue weighted by atomic mass is 9.59. The molecule has 3 atom stereocenters. The van der Waals surface area contributed by atoms with E-state index >= 15 is 0 Å². The molecule has 1 aliphatic carbocycles. The van der Waals surface area contributed by atoms with E-state index < -0.39 is 0 Å². The van der Waals surface area contributed by atoms with Gasteiger partial charge in [0, 0.05) is 27.9 Å². The highest BCUT2D eigenvalue weighted by Gasteiger charge is 2.48. The minimum absolute atomic E-state index is 0.121. The summed E-state index contributed by atoms with van der Waals surface area (Å²) >= 11 is 3.23. The molecule has 2 bridgehead atoms. The van der Waals surface area contributed by atoms with Crippen molar-refractivity contribution >= 4 is 28.2 Å². The van der Waals surface area contributed by atoms with Crippen molar-refractivity contribution in [1.29, 1.82) is 0 Å². The van der Waals surface area contributed by atoms with E-state index in [2.05, 4.69) is 54.5 Å². The van der Waals surface area contributed by atoms with E-state index in [0.717, 1.165) is 36.4 Å². The second kappa shape index (κ2) is 8.57. The minimum Gasteiger partial charge on any atom is -0.299 e. The molecule has 2 nitrogen and oxygen atoms in total. The maximum atomic E-state index is 12.7. The van der Waals surface area contributed by atoms with Gasteiger partial charge in [-0.2, -0.15) is 0 Å². The average Bonchev–Trinajstić information content (AvgIpc) is 3.30. The zero-order chi connectivity index (χ0) is 21.4. The monoisotopic (exact) mass is 447 g/mol. The van der Waals surface area contributed by atoms with Crippen LogP contribution in [-0.4, -0.2) is 29.1 Å². The lowest BCUT2D eigenvalue weighted by Gasteiger charge is -2.54. The van der Waals surface area contributed by atoms with Gasteiger partial charge in [-0.05, 0) is 83.6 Å². The number of rotatable bonds is 5. The van der Waals surface area contributed by atoms with Crippen molar-refractivity contribution in [2.45, 2.75) is 49.5 Å². The number of hydrogen-bond donors (Lipinski definition) is 0. The Hall–Kier alpha value is -1.88. The molecule has 3 aromatic rings. The van der Waals surface area contributed by atoms with Crippen LogP contribution in [0, 0.1) is 5.92 Å². The van der Waals surface area contributed by atoms with Crippen molar-refractivity contribution in [3.63, 3.8) is 0 Å². The third kappa shape index (κ3) is 4.02. The predicted molar refractivity (Wildman–Crippen MR) is 131 cm³/mol. The van der Waals surface area contributed by atoms with E-state index in [4.69, 9.17) is 0 Å². The van der Waals surface area contributed by atoms with Crippen LogP contribution >= 0.6 is 23.1 Å². The molecule has 5 rings (SSSR count). The van der Waals surface area contributed by atoms with Crippen LogP contribution in [0.25, 0.3) is 0 Å². The predicted octanol–water partition coefficient (Wildman–Crippen LogP) is 6.45. The van der Waals surface area contributed by atoms with Gasteiger partial charge in [0.2, 0.25) is 5.12 Å². The van der Waals surface area contributed by atoms with Crippen LogP contribution in [0.15, 0.2) is 70.9 Å². The SMILES string of the molecule is C[C@H]1C2Cc3ccc(SC(=O)c4ccccc4)cc3[C@]1(C)CCN2CCc1cccs1. The Labute approximate surface area is 193 Å². The minimum atomic E-state index is 0.121. The summed E-state index contributed by atoms with van der Waals surface area (Å²) in [6.45, 7) is 7.21. The first-order valence-corrected chi connectivity index (χ1v) is 12.9. The number of thioether (sulfide) groups is 1. The molecule has 0 saturated carbocycles. The molecule has 0 amide bonds. The maximum Gasteiger partial charge on any atom is 0.224 e. The van der Waals surface area contributed by atoms with Gasteiger partial charge < -0.3 is 0 Å². The number of benzene rings is 2. The van der Waals surface area contributed by atoms with Crippen LogP contribution in [0.3, 0.4) is 0 Å². The Bertz CT molecular complexity index is 1060. The summed E-state index contributed by atoms with van der Waals surface area (Å²) in [6.07, 6.45) is 3.46. The molecule has 160 valence electrons. The molecule has 2 heterocycles. The molecular formula is C27H29NOS2. The fraction of sp³-hybridized carbons (Fsp3) is 0.370. The molecule has 1 fully saturated rings.